The first-order valence-electron chi connectivity index (χ1n) is 5.51. The van der Waals surface area contributed by atoms with E-state index in [1.165, 1.54) is 18.9 Å². The van der Waals surface area contributed by atoms with Crippen LogP contribution in [0, 0.1) is 0 Å². The molecule has 0 aliphatic carbocycles. The summed E-state index contributed by atoms with van der Waals surface area (Å²) in [6.45, 7) is 1.77. The van der Waals surface area contributed by atoms with Crippen molar-refractivity contribution < 1.29 is 14.3 Å². The van der Waals surface area contributed by atoms with Crippen molar-refractivity contribution in [3.05, 3.63) is 24.5 Å². The molecule has 1 unspecified atom stereocenters. The van der Waals surface area contributed by atoms with Crippen molar-refractivity contribution in [3.8, 4) is 0 Å². The van der Waals surface area contributed by atoms with E-state index in [4.69, 9.17) is 0 Å². The number of thioether (sulfide) groups is 1. The van der Waals surface area contributed by atoms with Gasteiger partial charge in [-0.3, -0.25) is 14.6 Å². The third-order valence-electron chi connectivity index (χ3n) is 2.13. The minimum atomic E-state index is -0.329. The summed E-state index contributed by atoms with van der Waals surface area (Å²) < 4.78 is 4.53. The Kier molecular flexibility index (Phi) is 6.21. The fourth-order valence-corrected chi connectivity index (χ4v) is 1.98. The molecule has 1 amide bonds. The molecular formula is C12H16N2O3S. The Balaban J connectivity index is 2.27. The summed E-state index contributed by atoms with van der Waals surface area (Å²) in [7, 11) is 1.33. The Labute approximate surface area is 110 Å². The van der Waals surface area contributed by atoms with Gasteiger partial charge in [-0.15, -0.1) is 11.8 Å². The van der Waals surface area contributed by atoms with Crippen molar-refractivity contribution in [3.63, 3.8) is 0 Å². The summed E-state index contributed by atoms with van der Waals surface area (Å²) in [6.07, 6.45) is 3.54. The predicted octanol–water partition coefficient (Wildman–Crippen LogP) is 1.24. The van der Waals surface area contributed by atoms with Gasteiger partial charge in [0.25, 0.3) is 0 Å². The molecule has 0 spiro atoms. The number of hydrogen-bond donors (Lipinski definition) is 1. The van der Waals surface area contributed by atoms with Crippen molar-refractivity contribution in [1.82, 2.24) is 10.3 Å². The van der Waals surface area contributed by atoms with Gasteiger partial charge in [0.1, 0.15) is 0 Å². The number of rotatable bonds is 6. The Bertz CT molecular complexity index is 398. The van der Waals surface area contributed by atoms with Gasteiger partial charge in [0.15, 0.2) is 0 Å². The number of esters is 1. The minimum absolute atomic E-state index is 0.104. The van der Waals surface area contributed by atoms with Crippen LogP contribution in [0.3, 0.4) is 0 Å². The highest BCUT2D eigenvalue weighted by Crippen LogP contribution is 2.15. The van der Waals surface area contributed by atoms with E-state index in [0.717, 1.165) is 4.90 Å². The molecule has 5 nitrogen and oxygen atoms in total. The minimum Gasteiger partial charge on any atom is -0.469 e. The molecule has 0 bridgehead atoms. The average molecular weight is 268 g/mol. The van der Waals surface area contributed by atoms with Crippen LogP contribution < -0.4 is 5.32 Å². The molecule has 0 saturated carbocycles. The Morgan fingerprint density at radius 2 is 2.11 bits per heavy atom. The number of nitrogens with one attached hydrogen (secondary N) is 1. The molecule has 0 fully saturated rings. The lowest BCUT2D eigenvalue weighted by atomic mass is 10.2. The molecule has 0 radical (unpaired) electrons. The summed E-state index contributed by atoms with van der Waals surface area (Å²) in [5.41, 5.74) is 0. The Hall–Kier alpha value is -1.56. The summed E-state index contributed by atoms with van der Waals surface area (Å²) in [5.74, 6) is -0.118. The molecule has 1 heterocycles. The number of ether oxygens (including phenoxy) is 1. The van der Waals surface area contributed by atoms with Gasteiger partial charge in [-0.2, -0.15) is 0 Å². The van der Waals surface area contributed by atoms with Gasteiger partial charge in [-0.05, 0) is 19.1 Å². The van der Waals surface area contributed by atoms with E-state index < -0.39 is 0 Å². The van der Waals surface area contributed by atoms with E-state index in [-0.39, 0.29) is 24.3 Å². The van der Waals surface area contributed by atoms with Crippen LogP contribution in [0.1, 0.15) is 13.3 Å². The van der Waals surface area contributed by atoms with Crippen molar-refractivity contribution >= 4 is 23.6 Å². The predicted molar refractivity (Wildman–Crippen MR) is 69.2 cm³/mol. The van der Waals surface area contributed by atoms with Crippen LogP contribution in [-0.4, -0.2) is 35.8 Å². The summed E-state index contributed by atoms with van der Waals surface area (Å²) >= 11 is 1.43. The fourth-order valence-electron chi connectivity index (χ4n) is 1.28. The highest BCUT2D eigenvalue weighted by atomic mass is 32.2. The summed E-state index contributed by atoms with van der Waals surface area (Å²) in [6, 6.07) is 3.47. The topological polar surface area (TPSA) is 68.3 Å². The maximum absolute atomic E-state index is 11.6. The first-order chi connectivity index (χ1) is 8.61. The fraction of sp³-hybridized carbons (Fsp3) is 0.417. The van der Waals surface area contributed by atoms with E-state index in [9.17, 15) is 9.59 Å². The van der Waals surface area contributed by atoms with Crippen LogP contribution >= 0.6 is 11.8 Å². The number of pyridine rings is 1. The van der Waals surface area contributed by atoms with Crippen LogP contribution in [0.4, 0.5) is 0 Å². The third kappa shape index (κ3) is 5.67. The number of hydrogen-bond acceptors (Lipinski definition) is 5. The zero-order chi connectivity index (χ0) is 13.4. The molecule has 18 heavy (non-hydrogen) atoms. The number of carbonyl (C=O) groups excluding carboxylic acids is 2. The maximum atomic E-state index is 11.6. The number of methoxy groups -OCH3 is 1. The van der Waals surface area contributed by atoms with Gasteiger partial charge < -0.3 is 10.1 Å². The zero-order valence-electron chi connectivity index (χ0n) is 10.4. The normalized spacial score (nSPS) is 11.7. The van der Waals surface area contributed by atoms with E-state index >= 15 is 0 Å². The molecule has 0 aliphatic heterocycles. The molecule has 1 rings (SSSR count). The average Bonchev–Trinajstić information content (AvgIpc) is 2.37. The van der Waals surface area contributed by atoms with Gasteiger partial charge in [0.2, 0.25) is 5.91 Å². The molecular weight excluding hydrogens is 252 g/mol. The van der Waals surface area contributed by atoms with Gasteiger partial charge in [0.05, 0.1) is 19.3 Å². The van der Waals surface area contributed by atoms with Crippen molar-refractivity contribution in [2.75, 3.05) is 12.9 Å². The number of amides is 1. The van der Waals surface area contributed by atoms with Crippen LogP contribution in [0.25, 0.3) is 0 Å². The quantitative estimate of drug-likeness (QED) is 0.621. The second kappa shape index (κ2) is 7.71. The Morgan fingerprint density at radius 3 is 2.72 bits per heavy atom. The van der Waals surface area contributed by atoms with Crippen LogP contribution in [-0.2, 0) is 14.3 Å². The smallest absolute Gasteiger partial charge is 0.307 e. The zero-order valence-corrected chi connectivity index (χ0v) is 11.2. The van der Waals surface area contributed by atoms with Crippen molar-refractivity contribution in [2.45, 2.75) is 24.3 Å². The molecule has 1 aromatic heterocycles. The molecule has 1 aromatic rings. The van der Waals surface area contributed by atoms with E-state index in [2.05, 4.69) is 15.0 Å². The third-order valence-corrected chi connectivity index (χ3v) is 3.14. The number of nitrogens with zero attached hydrogens (tertiary/aromatic N) is 1. The van der Waals surface area contributed by atoms with E-state index in [1.807, 2.05) is 12.1 Å². The van der Waals surface area contributed by atoms with Gasteiger partial charge in [-0.25, -0.2) is 0 Å². The van der Waals surface area contributed by atoms with Gasteiger partial charge >= 0.3 is 5.97 Å². The standard InChI is InChI=1S/C12H16N2O3S/c1-9(7-12(16)17-2)14-11(15)8-18-10-3-5-13-6-4-10/h3-6,9H,7-8H2,1-2H3,(H,14,15). The van der Waals surface area contributed by atoms with Crippen LogP contribution in [0.5, 0.6) is 0 Å². The second-order valence-electron chi connectivity index (χ2n) is 3.72. The van der Waals surface area contributed by atoms with Crippen molar-refractivity contribution in [2.24, 2.45) is 0 Å². The summed E-state index contributed by atoms with van der Waals surface area (Å²) in [4.78, 5) is 27.5. The van der Waals surface area contributed by atoms with Gasteiger partial charge in [0, 0.05) is 23.3 Å². The van der Waals surface area contributed by atoms with Crippen molar-refractivity contribution in [1.29, 1.82) is 0 Å². The molecule has 0 saturated heterocycles. The highest BCUT2D eigenvalue weighted by molar-refractivity contribution is 8.00. The molecule has 1 atom stereocenters. The van der Waals surface area contributed by atoms with Crippen LogP contribution in [0.15, 0.2) is 29.4 Å². The van der Waals surface area contributed by atoms with Gasteiger partial charge in [-0.1, -0.05) is 0 Å². The molecule has 0 aliphatic rings. The lowest BCUT2D eigenvalue weighted by Crippen LogP contribution is -2.35. The molecule has 0 aromatic carbocycles. The Morgan fingerprint density at radius 1 is 1.44 bits per heavy atom. The van der Waals surface area contributed by atoms with E-state index in [0.29, 0.717) is 5.75 Å². The van der Waals surface area contributed by atoms with Crippen LogP contribution in [0.2, 0.25) is 0 Å². The highest BCUT2D eigenvalue weighted by Gasteiger charge is 2.12. The number of carbonyl (C=O) groups is 2. The second-order valence-corrected chi connectivity index (χ2v) is 4.77. The monoisotopic (exact) mass is 268 g/mol. The summed E-state index contributed by atoms with van der Waals surface area (Å²) in [5, 5.41) is 2.74. The molecule has 1 N–H and O–H groups in total. The first-order valence-corrected chi connectivity index (χ1v) is 6.49. The lowest BCUT2D eigenvalue weighted by Gasteiger charge is -2.12. The molecule has 6 heteroatoms. The molecule has 98 valence electrons. The SMILES string of the molecule is COC(=O)CC(C)NC(=O)CSc1ccncc1. The lowest BCUT2D eigenvalue weighted by molar-refractivity contribution is -0.141. The first kappa shape index (κ1) is 14.5. The number of aromatic nitrogens is 1. The van der Waals surface area contributed by atoms with E-state index in [1.54, 1.807) is 19.3 Å². The maximum Gasteiger partial charge on any atom is 0.307 e. The largest absolute Gasteiger partial charge is 0.469 e.